The lowest BCUT2D eigenvalue weighted by Crippen LogP contribution is -2.37. The monoisotopic (exact) mass is 813 g/mol. The largest absolute Gasteiger partial charge is 0.472 e. The van der Waals surface area contributed by atoms with Crippen molar-refractivity contribution in [2.75, 3.05) is 47.5 Å². The Morgan fingerprint density at radius 3 is 1.80 bits per heavy atom. The van der Waals surface area contributed by atoms with E-state index in [1.807, 2.05) is 33.3 Å². The quantitative estimate of drug-likeness (QED) is 0.0182. The van der Waals surface area contributed by atoms with Gasteiger partial charge in [-0.2, -0.15) is 0 Å². The van der Waals surface area contributed by atoms with E-state index in [4.69, 9.17) is 18.5 Å². The second-order valence-corrected chi connectivity index (χ2v) is 16.8. The Bertz CT molecular complexity index is 1180. The van der Waals surface area contributed by atoms with Crippen molar-refractivity contribution in [2.45, 2.75) is 161 Å². The SMILES string of the molecule is CC/C=C\C/C=C\C/C=C\C/C=C\C[C@H](O)[C@@H](O)CCCC(=O)OC[C@H](COP(=O)(O)OCC[N+](C)(C)C)OC(=O)CCCCCCC/C=C\CCCCCC. The van der Waals surface area contributed by atoms with E-state index < -0.39 is 44.7 Å². The van der Waals surface area contributed by atoms with Gasteiger partial charge < -0.3 is 29.1 Å². The maximum absolute atomic E-state index is 12.7. The van der Waals surface area contributed by atoms with Gasteiger partial charge >= 0.3 is 19.8 Å². The maximum atomic E-state index is 12.7. The maximum Gasteiger partial charge on any atom is 0.472 e. The number of rotatable bonds is 37. The standard InChI is InChI=1S/C44H78NO10P/c1-6-8-10-12-14-16-18-20-22-24-26-28-30-34-44(49)55-40(39-54-56(50,51)53-37-36-45(3,4)5)38-52-43(48)35-31-33-42(47)41(46)32-29-27-25-23-21-19-17-15-13-11-9-7-2/h9,11,15-18,21,23,27,29,40-42,46-47H,6-8,10,12-14,19-20,22,24-26,28,30-39H2,1-5H3/p+1/b11-9-,17-15-,18-16-,23-21-,29-27-/t40-,41+,42+/m1/s1. The van der Waals surface area contributed by atoms with E-state index in [-0.39, 0.29) is 38.9 Å². The molecule has 3 N–H and O–H groups in total. The van der Waals surface area contributed by atoms with Crippen LogP contribution in [0.4, 0.5) is 0 Å². The van der Waals surface area contributed by atoms with Crippen LogP contribution in [0.25, 0.3) is 0 Å². The third kappa shape index (κ3) is 37.2. The zero-order valence-electron chi connectivity index (χ0n) is 35.6. The predicted octanol–water partition coefficient (Wildman–Crippen LogP) is 9.63. The number of carbonyl (C=O) groups excluding carboxylic acids is 2. The number of quaternary nitrogens is 1. The molecule has 0 saturated heterocycles. The average Bonchev–Trinajstić information content (AvgIpc) is 3.14. The number of carbonyl (C=O) groups is 2. The number of unbranched alkanes of at least 4 members (excludes halogenated alkanes) is 9. The lowest BCUT2D eigenvalue weighted by Gasteiger charge is -2.24. The number of phosphoric ester groups is 1. The number of aliphatic hydroxyl groups excluding tert-OH is 2. The molecule has 56 heavy (non-hydrogen) atoms. The zero-order chi connectivity index (χ0) is 41.8. The first kappa shape index (κ1) is 53.6. The Balaban J connectivity index is 4.65. The Labute approximate surface area is 340 Å². The number of esters is 2. The smallest absolute Gasteiger partial charge is 0.462 e. The number of aliphatic hydroxyl groups is 2. The molecule has 0 spiro atoms. The van der Waals surface area contributed by atoms with E-state index in [1.165, 1.54) is 25.7 Å². The van der Waals surface area contributed by atoms with Crippen LogP contribution < -0.4 is 0 Å². The number of ether oxygens (including phenoxy) is 2. The number of hydrogen-bond donors (Lipinski definition) is 3. The van der Waals surface area contributed by atoms with E-state index in [9.17, 15) is 29.3 Å². The zero-order valence-corrected chi connectivity index (χ0v) is 36.5. The van der Waals surface area contributed by atoms with Gasteiger partial charge in [-0.3, -0.25) is 18.6 Å². The number of hydrogen-bond acceptors (Lipinski definition) is 9. The number of likely N-dealkylation sites (N-methyl/N-ethyl adjacent to an activating group) is 1. The first-order valence-corrected chi connectivity index (χ1v) is 22.7. The molecule has 0 amide bonds. The van der Waals surface area contributed by atoms with Crippen LogP contribution in [0, 0.1) is 0 Å². The van der Waals surface area contributed by atoms with Gasteiger partial charge in [-0.15, -0.1) is 0 Å². The van der Waals surface area contributed by atoms with Crippen LogP contribution in [-0.2, 0) is 32.7 Å². The lowest BCUT2D eigenvalue weighted by molar-refractivity contribution is -0.870. The van der Waals surface area contributed by atoms with Crippen molar-refractivity contribution in [3.05, 3.63) is 60.8 Å². The summed E-state index contributed by atoms with van der Waals surface area (Å²) in [6.45, 7) is 3.92. The Hall–Kier alpha value is -2.37. The molecule has 0 aromatic carbocycles. The second kappa shape index (κ2) is 35.8. The molecule has 0 heterocycles. The molecule has 0 rings (SSSR count). The first-order chi connectivity index (χ1) is 26.8. The molecule has 12 heteroatoms. The minimum Gasteiger partial charge on any atom is -0.462 e. The van der Waals surface area contributed by atoms with E-state index in [0.717, 1.165) is 64.2 Å². The number of allylic oxidation sites excluding steroid dienone is 9. The van der Waals surface area contributed by atoms with Gasteiger partial charge in [0, 0.05) is 12.8 Å². The fraction of sp³-hybridized carbons (Fsp3) is 0.727. The van der Waals surface area contributed by atoms with E-state index >= 15 is 0 Å². The van der Waals surface area contributed by atoms with Crippen LogP contribution in [-0.4, -0.2) is 97.3 Å². The van der Waals surface area contributed by atoms with E-state index in [0.29, 0.717) is 23.9 Å². The van der Waals surface area contributed by atoms with Gasteiger partial charge in [-0.05, 0) is 77.0 Å². The molecule has 0 aliphatic rings. The molecule has 1 unspecified atom stereocenters. The summed E-state index contributed by atoms with van der Waals surface area (Å²) in [4.78, 5) is 35.3. The highest BCUT2D eigenvalue weighted by Gasteiger charge is 2.27. The van der Waals surface area contributed by atoms with Crippen LogP contribution >= 0.6 is 7.82 Å². The average molecular weight is 813 g/mol. The molecule has 0 saturated carbocycles. The van der Waals surface area contributed by atoms with Crippen LogP contribution in [0.15, 0.2) is 60.8 Å². The summed E-state index contributed by atoms with van der Waals surface area (Å²) < 4.78 is 34.0. The van der Waals surface area contributed by atoms with Crippen molar-refractivity contribution >= 4 is 19.8 Å². The van der Waals surface area contributed by atoms with Crippen LogP contribution in [0.1, 0.15) is 142 Å². The molecule has 324 valence electrons. The lowest BCUT2D eigenvalue weighted by atomic mass is 10.0. The summed E-state index contributed by atoms with van der Waals surface area (Å²) in [6.07, 6.45) is 34.5. The third-order valence-corrected chi connectivity index (χ3v) is 9.72. The molecule has 0 fully saturated rings. The summed E-state index contributed by atoms with van der Waals surface area (Å²) in [5.41, 5.74) is 0. The van der Waals surface area contributed by atoms with Gasteiger partial charge in [0.2, 0.25) is 0 Å². The Kier molecular flexibility index (Phi) is 34.3. The molecule has 0 aromatic heterocycles. The normalized spacial score (nSPS) is 15.4. The first-order valence-electron chi connectivity index (χ1n) is 21.2. The van der Waals surface area contributed by atoms with E-state index in [2.05, 4.69) is 62.5 Å². The van der Waals surface area contributed by atoms with Gasteiger partial charge in [0.15, 0.2) is 6.10 Å². The third-order valence-electron chi connectivity index (χ3n) is 8.73. The van der Waals surface area contributed by atoms with Gasteiger partial charge in [0.1, 0.15) is 19.8 Å². The molecule has 0 aliphatic carbocycles. The van der Waals surface area contributed by atoms with Crippen molar-refractivity contribution in [1.29, 1.82) is 0 Å². The van der Waals surface area contributed by atoms with E-state index in [1.54, 1.807) is 0 Å². The summed E-state index contributed by atoms with van der Waals surface area (Å²) in [5, 5.41) is 20.7. The number of nitrogens with zero attached hydrogens (tertiary/aromatic N) is 1. The molecule has 0 aliphatic heterocycles. The van der Waals surface area contributed by atoms with Crippen LogP contribution in [0.2, 0.25) is 0 Å². The minimum atomic E-state index is -4.45. The fourth-order valence-corrected chi connectivity index (χ4v) is 6.01. The second-order valence-electron chi connectivity index (χ2n) is 15.3. The van der Waals surface area contributed by atoms with Gasteiger partial charge in [-0.25, -0.2) is 4.57 Å². The van der Waals surface area contributed by atoms with Crippen molar-refractivity contribution in [3.8, 4) is 0 Å². The molecule has 0 bridgehead atoms. The highest BCUT2D eigenvalue weighted by molar-refractivity contribution is 7.47. The Morgan fingerprint density at radius 1 is 0.643 bits per heavy atom. The summed E-state index contributed by atoms with van der Waals surface area (Å²) >= 11 is 0. The van der Waals surface area contributed by atoms with Crippen molar-refractivity contribution in [1.82, 2.24) is 0 Å². The van der Waals surface area contributed by atoms with Gasteiger partial charge in [-0.1, -0.05) is 113 Å². The Morgan fingerprint density at radius 2 is 1.20 bits per heavy atom. The van der Waals surface area contributed by atoms with Crippen LogP contribution in [0.3, 0.4) is 0 Å². The van der Waals surface area contributed by atoms with Crippen molar-refractivity contribution in [3.63, 3.8) is 0 Å². The summed E-state index contributed by atoms with van der Waals surface area (Å²) in [7, 11) is 1.31. The highest BCUT2D eigenvalue weighted by atomic mass is 31.2. The van der Waals surface area contributed by atoms with Crippen molar-refractivity contribution in [2.24, 2.45) is 0 Å². The van der Waals surface area contributed by atoms with Crippen molar-refractivity contribution < 1.29 is 52.3 Å². The predicted molar refractivity (Wildman–Crippen MR) is 227 cm³/mol. The number of phosphoric acid groups is 1. The molecule has 0 aromatic rings. The molecule has 11 nitrogen and oxygen atoms in total. The van der Waals surface area contributed by atoms with Gasteiger partial charge in [0.05, 0.1) is 40.0 Å². The highest BCUT2D eigenvalue weighted by Crippen LogP contribution is 2.43. The van der Waals surface area contributed by atoms with Crippen LogP contribution in [0.5, 0.6) is 0 Å². The molecular formula is C44H79NO10P+. The molecule has 0 radical (unpaired) electrons. The molecule has 4 atom stereocenters. The fourth-order valence-electron chi connectivity index (χ4n) is 5.27. The molecular weight excluding hydrogens is 733 g/mol. The topological polar surface area (TPSA) is 149 Å². The minimum absolute atomic E-state index is 0.0178. The summed E-state index contributed by atoms with van der Waals surface area (Å²) in [5.74, 6) is -1.10. The summed E-state index contributed by atoms with van der Waals surface area (Å²) in [6, 6.07) is 0. The van der Waals surface area contributed by atoms with Gasteiger partial charge in [0.25, 0.3) is 0 Å².